The molecule has 1 N–H and O–H groups in total. The summed E-state index contributed by atoms with van der Waals surface area (Å²) < 4.78 is 64.6. The first-order chi connectivity index (χ1) is 9.45. The highest BCUT2D eigenvalue weighted by Crippen LogP contribution is 2.19. The normalized spacial score (nSPS) is 13.3. The van der Waals surface area contributed by atoms with Gasteiger partial charge in [-0.1, -0.05) is 5.16 Å². The highest BCUT2D eigenvalue weighted by molar-refractivity contribution is 7.89. The van der Waals surface area contributed by atoms with Crippen molar-refractivity contribution in [2.45, 2.75) is 38.3 Å². The third-order valence-electron chi connectivity index (χ3n) is 2.33. The Labute approximate surface area is 118 Å². The number of halogens is 3. The van der Waals surface area contributed by atoms with E-state index in [4.69, 9.17) is 0 Å². The van der Waals surface area contributed by atoms with E-state index in [9.17, 15) is 26.4 Å². The summed E-state index contributed by atoms with van der Waals surface area (Å²) in [7, 11) is -4.13. The Morgan fingerprint density at radius 3 is 2.38 bits per heavy atom. The number of hydrazone groups is 1. The Hall–Kier alpha value is -1.91. The number of alkyl halides is 3. The molecule has 0 aromatic carbocycles. The number of nitrogens with zero attached hydrogens (tertiary/aromatic N) is 2. The highest BCUT2D eigenvalue weighted by Gasteiger charge is 2.38. The third kappa shape index (κ3) is 4.28. The lowest BCUT2D eigenvalue weighted by atomic mass is 10.2. The molecule has 1 aromatic rings. The fourth-order valence-corrected chi connectivity index (χ4v) is 2.62. The van der Waals surface area contributed by atoms with Crippen molar-refractivity contribution in [2.75, 3.05) is 0 Å². The van der Waals surface area contributed by atoms with Crippen LogP contribution < -0.4 is 4.83 Å². The quantitative estimate of drug-likeness (QED) is 0.652. The van der Waals surface area contributed by atoms with Crippen LogP contribution in [0.3, 0.4) is 0 Å². The van der Waals surface area contributed by atoms with Gasteiger partial charge in [-0.25, -0.2) is 0 Å². The van der Waals surface area contributed by atoms with E-state index in [2.05, 4.69) is 14.8 Å². The van der Waals surface area contributed by atoms with Crippen LogP contribution in [0, 0.1) is 13.8 Å². The Morgan fingerprint density at radius 2 is 1.95 bits per heavy atom. The van der Waals surface area contributed by atoms with Crippen LogP contribution in [0.5, 0.6) is 0 Å². The molecule has 0 aliphatic heterocycles. The van der Waals surface area contributed by atoms with E-state index in [1.165, 1.54) is 13.8 Å². The second-order valence-corrected chi connectivity index (χ2v) is 5.79. The molecule has 0 aliphatic rings. The van der Waals surface area contributed by atoms with E-state index < -0.39 is 28.4 Å². The summed E-state index contributed by atoms with van der Waals surface area (Å²) in [6.07, 6.45) is -6.02. The summed E-state index contributed by atoms with van der Waals surface area (Å²) in [4.78, 5) is 12.2. The van der Waals surface area contributed by atoms with Crippen molar-refractivity contribution in [2.24, 2.45) is 5.10 Å². The molecule has 0 fully saturated rings. The lowest BCUT2D eigenvalue weighted by molar-refractivity contribution is -0.169. The van der Waals surface area contributed by atoms with Gasteiger partial charge in [0.15, 0.2) is 10.7 Å². The maximum absolute atomic E-state index is 12.0. The van der Waals surface area contributed by atoms with Crippen LogP contribution in [0.1, 0.15) is 24.8 Å². The number of sulfonamides is 1. The van der Waals surface area contributed by atoms with Crippen LogP contribution in [0.25, 0.3) is 0 Å². The largest absolute Gasteiger partial charge is 0.450 e. The molecule has 0 saturated carbocycles. The molecule has 0 spiro atoms. The van der Waals surface area contributed by atoms with Crippen molar-refractivity contribution in [1.82, 2.24) is 9.99 Å². The van der Waals surface area contributed by atoms with E-state index in [0.717, 1.165) is 6.92 Å². The van der Waals surface area contributed by atoms with Crippen LogP contribution in [-0.4, -0.2) is 31.2 Å². The first-order valence-corrected chi connectivity index (χ1v) is 7.01. The Bertz CT molecular complexity index is 657. The lowest BCUT2D eigenvalue weighted by Crippen LogP contribution is -2.26. The van der Waals surface area contributed by atoms with Gasteiger partial charge in [0.05, 0.1) is 6.42 Å². The van der Waals surface area contributed by atoms with Crippen LogP contribution in [0.2, 0.25) is 0 Å². The number of nitrogens with one attached hydrogen (secondary N) is 1. The van der Waals surface area contributed by atoms with Gasteiger partial charge in [0.25, 0.3) is 10.0 Å². The average Bonchev–Trinajstić information content (AvgIpc) is 2.66. The standard InChI is InChI=1S/C10H12F3N3O4S/c1-5(4-8(17)10(11,12)13)14-16-21(18,19)9-6(2)15-20-7(9)3/h16H,4H2,1-3H3/b14-5+. The summed E-state index contributed by atoms with van der Waals surface area (Å²) in [6.45, 7) is 3.84. The van der Waals surface area contributed by atoms with E-state index in [1.807, 2.05) is 0 Å². The topological polar surface area (TPSA) is 102 Å². The molecule has 0 saturated heterocycles. The van der Waals surface area contributed by atoms with Crippen molar-refractivity contribution in [3.8, 4) is 0 Å². The molecule has 1 aromatic heterocycles. The van der Waals surface area contributed by atoms with Gasteiger partial charge in [-0.2, -0.15) is 31.5 Å². The van der Waals surface area contributed by atoms with Gasteiger partial charge in [-0.15, -0.1) is 0 Å². The van der Waals surface area contributed by atoms with Gasteiger partial charge in [-0.05, 0) is 20.8 Å². The summed E-state index contributed by atoms with van der Waals surface area (Å²) >= 11 is 0. The molecule has 1 rings (SSSR count). The van der Waals surface area contributed by atoms with E-state index in [-0.39, 0.29) is 22.1 Å². The van der Waals surface area contributed by atoms with Gasteiger partial charge in [0.2, 0.25) is 5.78 Å². The SMILES string of the molecule is C/C(CC(=O)C(F)(F)F)=N\NS(=O)(=O)c1c(C)noc1C. The van der Waals surface area contributed by atoms with E-state index in [1.54, 1.807) is 4.83 Å². The molecule has 0 atom stereocenters. The first kappa shape index (κ1) is 17.1. The Kier molecular flexibility index (Phi) is 4.76. The van der Waals surface area contributed by atoms with Crippen molar-refractivity contribution < 1.29 is 30.9 Å². The minimum atomic E-state index is -4.99. The van der Waals surface area contributed by atoms with Crippen LogP contribution in [0.4, 0.5) is 13.2 Å². The van der Waals surface area contributed by atoms with E-state index >= 15 is 0 Å². The Morgan fingerprint density at radius 1 is 1.38 bits per heavy atom. The van der Waals surface area contributed by atoms with Crippen LogP contribution >= 0.6 is 0 Å². The smallest absolute Gasteiger partial charge is 0.360 e. The fourth-order valence-electron chi connectivity index (χ4n) is 1.41. The molecule has 0 radical (unpaired) electrons. The van der Waals surface area contributed by atoms with Gasteiger partial charge in [0.1, 0.15) is 5.69 Å². The summed E-state index contributed by atoms with van der Waals surface area (Å²) in [6, 6.07) is 0. The minimum absolute atomic E-state index is 0.0132. The van der Waals surface area contributed by atoms with Gasteiger partial charge < -0.3 is 4.52 Å². The summed E-state index contributed by atoms with van der Waals surface area (Å²) in [5.41, 5.74) is -0.244. The molecular weight excluding hydrogens is 315 g/mol. The van der Waals surface area contributed by atoms with E-state index in [0.29, 0.717) is 0 Å². The minimum Gasteiger partial charge on any atom is -0.360 e. The number of Topliss-reactive ketones (excluding diaryl/α,β-unsaturated/α-hetero) is 1. The molecule has 118 valence electrons. The number of aromatic nitrogens is 1. The number of aryl methyl sites for hydroxylation is 2. The van der Waals surface area contributed by atoms with Crippen LogP contribution in [-0.2, 0) is 14.8 Å². The van der Waals surface area contributed by atoms with Crippen molar-refractivity contribution in [1.29, 1.82) is 0 Å². The molecule has 1 heterocycles. The molecule has 0 amide bonds. The zero-order chi connectivity index (χ0) is 16.4. The predicted molar refractivity (Wildman–Crippen MR) is 65.1 cm³/mol. The lowest BCUT2D eigenvalue weighted by Gasteiger charge is -2.06. The summed E-state index contributed by atoms with van der Waals surface area (Å²) in [5, 5.41) is 6.72. The first-order valence-electron chi connectivity index (χ1n) is 5.53. The number of hydrogen-bond donors (Lipinski definition) is 1. The monoisotopic (exact) mass is 327 g/mol. The molecule has 0 unspecified atom stereocenters. The molecule has 21 heavy (non-hydrogen) atoms. The van der Waals surface area contributed by atoms with Crippen molar-refractivity contribution in [3.05, 3.63) is 11.5 Å². The number of ketones is 1. The van der Waals surface area contributed by atoms with Crippen molar-refractivity contribution >= 4 is 21.5 Å². The zero-order valence-electron chi connectivity index (χ0n) is 11.3. The number of hydrogen-bond acceptors (Lipinski definition) is 6. The second-order valence-electron chi connectivity index (χ2n) is 4.19. The van der Waals surface area contributed by atoms with Gasteiger partial charge in [-0.3, -0.25) is 4.79 Å². The molecular formula is C10H12F3N3O4S. The average molecular weight is 327 g/mol. The number of carbonyl (C=O) groups is 1. The number of carbonyl (C=O) groups excluding carboxylic acids is 1. The maximum atomic E-state index is 12.0. The van der Waals surface area contributed by atoms with Gasteiger partial charge >= 0.3 is 6.18 Å². The summed E-state index contributed by atoms with van der Waals surface area (Å²) in [5.74, 6) is -2.00. The van der Waals surface area contributed by atoms with Gasteiger partial charge in [0, 0.05) is 5.71 Å². The van der Waals surface area contributed by atoms with Crippen LogP contribution in [0.15, 0.2) is 14.5 Å². The fraction of sp³-hybridized carbons (Fsp3) is 0.500. The molecule has 7 nitrogen and oxygen atoms in total. The van der Waals surface area contributed by atoms with Crippen molar-refractivity contribution in [3.63, 3.8) is 0 Å². The third-order valence-corrected chi connectivity index (χ3v) is 3.78. The number of rotatable bonds is 5. The zero-order valence-corrected chi connectivity index (χ0v) is 12.1. The molecule has 0 aliphatic carbocycles. The molecule has 11 heteroatoms. The molecule has 0 bridgehead atoms. The second kappa shape index (κ2) is 5.84. The predicted octanol–water partition coefficient (Wildman–Crippen LogP) is 1.47. The maximum Gasteiger partial charge on any atom is 0.450 e. The Balaban J connectivity index is 2.87. The highest BCUT2D eigenvalue weighted by atomic mass is 32.2.